The molecule has 0 saturated heterocycles. The number of hydrogen-bond acceptors (Lipinski definition) is 4. The molecule has 0 heterocycles. The Kier molecular flexibility index (Phi) is 13.2. The van der Waals surface area contributed by atoms with E-state index >= 15 is 0 Å². The first kappa shape index (κ1) is 37.1. The largest absolute Gasteiger partial charge is 0.680 e. The summed E-state index contributed by atoms with van der Waals surface area (Å²) >= 11 is 0. The molecule has 0 aliphatic heterocycles. The molecule has 0 amide bonds. The molecule has 0 N–H and O–H groups in total. The zero-order valence-corrected chi connectivity index (χ0v) is 29.8. The highest BCUT2D eigenvalue weighted by Crippen LogP contribution is 2.42. The van der Waals surface area contributed by atoms with Gasteiger partial charge in [-0.1, -0.05) is 111 Å². The minimum absolute atomic E-state index is 0.0846. The Labute approximate surface area is 234 Å². The highest BCUT2D eigenvalue weighted by molar-refractivity contribution is 6.53. The fourth-order valence-corrected chi connectivity index (χ4v) is 6.80. The van der Waals surface area contributed by atoms with Gasteiger partial charge in [0.05, 0.1) is 24.4 Å². The van der Waals surface area contributed by atoms with Crippen LogP contribution >= 0.6 is 0 Å². The van der Waals surface area contributed by atoms with E-state index in [2.05, 4.69) is 138 Å². The summed E-state index contributed by atoms with van der Waals surface area (Å²) in [4.78, 5) is 0. The van der Waals surface area contributed by atoms with Crippen molar-refractivity contribution in [1.82, 2.24) is 0 Å². The lowest BCUT2D eigenvalue weighted by atomic mass is 9.77. The lowest BCUT2D eigenvalue weighted by molar-refractivity contribution is -0.161. The molecule has 0 fully saturated rings. The lowest BCUT2D eigenvalue weighted by Crippen LogP contribution is -2.62. The normalized spacial score (nSPS) is 19.5. The van der Waals surface area contributed by atoms with Crippen LogP contribution in [0.5, 0.6) is 0 Å². The highest BCUT2D eigenvalue weighted by atomic mass is 28.4. The van der Waals surface area contributed by atoms with Crippen molar-refractivity contribution in [3.05, 3.63) is 0 Å². The molecule has 0 rings (SSSR count). The van der Waals surface area contributed by atoms with Gasteiger partial charge in [0.25, 0.3) is 0 Å². The van der Waals surface area contributed by atoms with Crippen LogP contribution in [0.3, 0.4) is 0 Å². The Morgan fingerprint density at radius 3 is 0.568 bits per heavy atom. The highest BCUT2D eigenvalue weighted by Gasteiger charge is 2.57. The van der Waals surface area contributed by atoms with Crippen LogP contribution in [-0.4, -0.2) is 33.5 Å². The monoisotopic (exact) mass is 544 g/mol. The van der Waals surface area contributed by atoms with Crippen molar-refractivity contribution in [3.8, 4) is 0 Å². The zero-order chi connectivity index (χ0) is 29.9. The third kappa shape index (κ3) is 9.03. The van der Waals surface area contributed by atoms with Crippen LogP contribution in [0.25, 0.3) is 0 Å². The molecule has 0 saturated carbocycles. The van der Waals surface area contributed by atoms with Crippen molar-refractivity contribution < 1.29 is 17.7 Å². The average Bonchev–Trinajstić information content (AvgIpc) is 2.72. The van der Waals surface area contributed by atoms with Gasteiger partial charge in [-0.25, -0.2) is 0 Å². The standard InChI is InChI=1S/C32H68O4Si/c1-21(2)29(13,14)25(9)33-37(34-26(10)30(15,16)22(3)4,35-27(11)31(17,18)23(5)6)36-28(12)32(19,20)24(7)8/h21-28H,1-20H3. The van der Waals surface area contributed by atoms with Gasteiger partial charge in [0.1, 0.15) is 0 Å². The van der Waals surface area contributed by atoms with E-state index in [4.69, 9.17) is 17.7 Å². The first-order valence-electron chi connectivity index (χ1n) is 15.0. The summed E-state index contributed by atoms with van der Waals surface area (Å²) in [6.07, 6.45) is -0.455. The van der Waals surface area contributed by atoms with Crippen LogP contribution in [0, 0.1) is 45.3 Å². The summed E-state index contributed by atoms with van der Waals surface area (Å²) in [6.45, 7) is 44.8. The second-order valence-electron chi connectivity index (χ2n) is 15.4. The van der Waals surface area contributed by atoms with E-state index in [9.17, 15) is 0 Å². The number of hydrogen-bond donors (Lipinski definition) is 0. The van der Waals surface area contributed by atoms with Gasteiger partial charge in [0, 0.05) is 0 Å². The van der Waals surface area contributed by atoms with Gasteiger partial charge in [-0.2, -0.15) is 0 Å². The molecule has 0 radical (unpaired) electrons. The van der Waals surface area contributed by atoms with E-state index in [0.717, 1.165) is 0 Å². The summed E-state index contributed by atoms with van der Waals surface area (Å²) in [6, 6.07) is 0. The first-order chi connectivity index (χ1) is 16.3. The Balaban J connectivity index is 6.96. The van der Waals surface area contributed by atoms with Crippen molar-refractivity contribution in [1.29, 1.82) is 0 Å². The lowest BCUT2D eigenvalue weighted by Gasteiger charge is -2.48. The van der Waals surface area contributed by atoms with E-state index < -0.39 is 9.05 Å². The molecular weight excluding hydrogens is 476 g/mol. The van der Waals surface area contributed by atoms with Gasteiger partial charge < -0.3 is 17.7 Å². The second kappa shape index (κ2) is 13.1. The fraction of sp³-hybridized carbons (Fsp3) is 1.00. The molecule has 37 heavy (non-hydrogen) atoms. The molecule has 5 heteroatoms. The topological polar surface area (TPSA) is 36.9 Å². The van der Waals surface area contributed by atoms with Gasteiger partial charge in [-0.15, -0.1) is 0 Å². The number of rotatable bonds is 16. The van der Waals surface area contributed by atoms with Crippen LogP contribution in [0.1, 0.15) is 138 Å². The van der Waals surface area contributed by atoms with E-state index in [1.165, 1.54) is 0 Å². The Morgan fingerprint density at radius 1 is 0.324 bits per heavy atom. The minimum Gasteiger partial charge on any atom is -0.348 e. The van der Waals surface area contributed by atoms with Gasteiger partial charge in [-0.3, -0.25) is 0 Å². The van der Waals surface area contributed by atoms with E-state index in [1.807, 2.05) is 0 Å². The van der Waals surface area contributed by atoms with E-state index in [0.29, 0.717) is 23.7 Å². The van der Waals surface area contributed by atoms with E-state index in [-0.39, 0.29) is 46.1 Å². The zero-order valence-electron chi connectivity index (χ0n) is 28.8. The third-order valence-electron chi connectivity index (χ3n) is 11.4. The van der Waals surface area contributed by atoms with Gasteiger partial charge in [0.2, 0.25) is 0 Å². The maximum atomic E-state index is 7.07. The van der Waals surface area contributed by atoms with Crippen molar-refractivity contribution >= 4 is 9.05 Å². The van der Waals surface area contributed by atoms with Crippen molar-refractivity contribution in [2.75, 3.05) is 0 Å². The molecular formula is C32H68O4Si. The van der Waals surface area contributed by atoms with Crippen LogP contribution in [-0.2, 0) is 17.7 Å². The van der Waals surface area contributed by atoms with Crippen LogP contribution < -0.4 is 0 Å². The van der Waals surface area contributed by atoms with Crippen molar-refractivity contribution in [2.45, 2.75) is 163 Å². The Morgan fingerprint density at radius 2 is 0.459 bits per heavy atom. The third-order valence-corrected chi connectivity index (χ3v) is 14.0. The summed E-state index contributed by atoms with van der Waals surface area (Å²) in [7, 11) is -3.67. The predicted molar refractivity (Wildman–Crippen MR) is 162 cm³/mol. The molecule has 4 atom stereocenters. The van der Waals surface area contributed by atoms with E-state index in [1.54, 1.807) is 0 Å². The molecule has 0 aliphatic rings. The first-order valence-corrected chi connectivity index (χ1v) is 16.6. The average molecular weight is 545 g/mol. The molecule has 0 aliphatic carbocycles. The molecule has 224 valence electrons. The molecule has 4 unspecified atom stereocenters. The molecule has 0 aromatic rings. The molecule has 0 spiro atoms. The smallest absolute Gasteiger partial charge is 0.348 e. The maximum absolute atomic E-state index is 7.07. The van der Waals surface area contributed by atoms with Gasteiger partial charge in [0.15, 0.2) is 0 Å². The van der Waals surface area contributed by atoms with Crippen LogP contribution in [0.2, 0.25) is 0 Å². The Hall–Kier alpha value is 0.0569. The van der Waals surface area contributed by atoms with Gasteiger partial charge in [-0.05, 0) is 73.0 Å². The van der Waals surface area contributed by atoms with Gasteiger partial charge >= 0.3 is 9.05 Å². The molecule has 4 nitrogen and oxygen atoms in total. The second-order valence-corrected chi connectivity index (χ2v) is 17.4. The maximum Gasteiger partial charge on any atom is 0.680 e. The summed E-state index contributed by atoms with van der Waals surface area (Å²) in [5, 5.41) is 0. The van der Waals surface area contributed by atoms with Crippen molar-refractivity contribution in [2.24, 2.45) is 45.3 Å². The fourth-order valence-electron chi connectivity index (χ4n) is 3.52. The SMILES string of the molecule is CC(C)C(C)(C)C(C)O[Si](OC(C)C(C)(C)C(C)C)(OC(C)C(C)(C)C(C)C)OC(C)C(C)(C)C(C)C. The molecule has 0 aromatic heterocycles. The Bertz CT molecular complexity index is 561. The molecule has 0 bridgehead atoms. The van der Waals surface area contributed by atoms with Crippen LogP contribution in [0.15, 0.2) is 0 Å². The summed E-state index contributed by atoms with van der Waals surface area (Å²) < 4.78 is 28.3. The van der Waals surface area contributed by atoms with Crippen LogP contribution in [0.4, 0.5) is 0 Å². The summed E-state index contributed by atoms with van der Waals surface area (Å²) in [5.74, 6) is 1.70. The minimum atomic E-state index is -3.67. The van der Waals surface area contributed by atoms with Crippen molar-refractivity contribution in [3.63, 3.8) is 0 Å². The summed E-state index contributed by atoms with van der Waals surface area (Å²) in [5.41, 5.74) is -0.338. The molecule has 0 aromatic carbocycles. The predicted octanol–water partition coefficient (Wildman–Crippen LogP) is 9.77. The quantitative estimate of drug-likeness (QED) is 0.181.